The van der Waals surface area contributed by atoms with E-state index in [4.69, 9.17) is 0 Å². The van der Waals surface area contributed by atoms with Gasteiger partial charge in [-0.15, -0.1) is 0 Å². The summed E-state index contributed by atoms with van der Waals surface area (Å²) in [7, 11) is 0. The highest BCUT2D eigenvalue weighted by molar-refractivity contribution is 5.78. The summed E-state index contributed by atoms with van der Waals surface area (Å²) in [6, 6.07) is 0. The number of rotatable bonds is 7. The van der Waals surface area contributed by atoms with Gasteiger partial charge in [-0.25, -0.2) is 0 Å². The van der Waals surface area contributed by atoms with E-state index in [9.17, 15) is 4.79 Å². The van der Waals surface area contributed by atoms with Crippen LogP contribution in [0.3, 0.4) is 0 Å². The first-order valence-corrected chi connectivity index (χ1v) is 7.61. The highest BCUT2D eigenvalue weighted by Crippen LogP contribution is 2.30. The van der Waals surface area contributed by atoms with Crippen LogP contribution in [0.5, 0.6) is 0 Å². The lowest BCUT2D eigenvalue weighted by atomic mass is 9.81. The maximum absolute atomic E-state index is 11.8. The van der Waals surface area contributed by atoms with Crippen LogP contribution in [0.2, 0.25) is 0 Å². The summed E-state index contributed by atoms with van der Waals surface area (Å²) in [6.45, 7) is 8.96. The fourth-order valence-corrected chi connectivity index (χ4v) is 2.85. The van der Waals surface area contributed by atoms with Gasteiger partial charge >= 0.3 is 0 Å². The van der Waals surface area contributed by atoms with Gasteiger partial charge in [-0.3, -0.25) is 4.79 Å². The Hall–Kier alpha value is -0.570. The SMILES string of the molecule is CCNCC(C)C(=O)NCCC1CCCC(C)C1. The van der Waals surface area contributed by atoms with Gasteiger partial charge in [0, 0.05) is 19.0 Å². The minimum atomic E-state index is 0.0789. The van der Waals surface area contributed by atoms with Gasteiger partial charge in [-0.2, -0.15) is 0 Å². The quantitative estimate of drug-likeness (QED) is 0.733. The first-order chi connectivity index (χ1) is 8.63. The van der Waals surface area contributed by atoms with E-state index in [1.165, 1.54) is 25.7 Å². The maximum atomic E-state index is 11.8. The second-order valence-corrected chi connectivity index (χ2v) is 5.93. The normalized spacial score (nSPS) is 25.7. The smallest absolute Gasteiger partial charge is 0.224 e. The number of carbonyl (C=O) groups excluding carboxylic acids is 1. The van der Waals surface area contributed by atoms with Crippen LogP contribution < -0.4 is 10.6 Å². The van der Waals surface area contributed by atoms with Crippen molar-refractivity contribution < 1.29 is 4.79 Å². The summed E-state index contributed by atoms with van der Waals surface area (Å²) >= 11 is 0. The minimum Gasteiger partial charge on any atom is -0.356 e. The molecule has 0 aliphatic heterocycles. The van der Waals surface area contributed by atoms with Crippen molar-refractivity contribution in [2.45, 2.75) is 52.9 Å². The molecular weight excluding hydrogens is 224 g/mol. The molecule has 0 radical (unpaired) electrons. The van der Waals surface area contributed by atoms with Crippen molar-refractivity contribution in [1.82, 2.24) is 10.6 Å². The zero-order valence-electron chi connectivity index (χ0n) is 12.3. The molecule has 0 aromatic rings. The van der Waals surface area contributed by atoms with Crippen molar-refractivity contribution in [1.29, 1.82) is 0 Å². The Kier molecular flexibility index (Phi) is 7.33. The molecular formula is C15H30N2O. The fraction of sp³-hybridized carbons (Fsp3) is 0.933. The third-order valence-electron chi connectivity index (χ3n) is 4.04. The second-order valence-electron chi connectivity index (χ2n) is 5.93. The second kappa shape index (κ2) is 8.52. The van der Waals surface area contributed by atoms with E-state index < -0.39 is 0 Å². The maximum Gasteiger partial charge on any atom is 0.224 e. The zero-order valence-corrected chi connectivity index (χ0v) is 12.3. The lowest BCUT2D eigenvalue weighted by Gasteiger charge is -2.26. The molecule has 0 aromatic carbocycles. The van der Waals surface area contributed by atoms with E-state index in [0.717, 1.165) is 37.9 Å². The van der Waals surface area contributed by atoms with Crippen molar-refractivity contribution in [3.05, 3.63) is 0 Å². The van der Waals surface area contributed by atoms with Crippen molar-refractivity contribution in [3.63, 3.8) is 0 Å². The number of hydrogen-bond donors (Lipinski definition) is 2. The lowest BCUT2D eigenvalue weighted by Crippen LogP contribution is -2.36. The third-order valence-corrected chi connectivity index (χ3v) is 4.04. The highest BCUT2D eigenvalue weighted by atomic mass is 16.1. The fourth-order valence-electron chi connectivity index (χ4n) is 2.85. The summed E-state index contributed by atoms with van der Waals surface area (Å²) in [5, 5.41) is 6.29. The van der Waals surface area contributed by atoms with Crippen LogP contribution in [0, 0.1) is 17.8 Å². The van der Waals surface area contributed by atoms with Gasteiger partial charge in [-0.1, -0.05) is 40.0 Å². The van der Waals surface area contributed by atoms with Gasteiger partial charge in [0.2, 0.25) is 5.91 Å². The Morgan fingerprint density at radius 2 is 2.17 bits per heavy atom. The van der Waals surface area contributed by atoms with Crippen LogP contribution in [0.4, 0.5) is 0 Å². The van der Waals surface area contributed by atoms with Crippen LogP contribution in [-0.2, 0) is 4.79 Å². The van der Waals surface area contributed by atoms with Gasteiger partial charge in [-0.05, 0) is 31.2 Å². The standard InChI is InChI=1S/C15H30N2O/c1-4-16-11-13(3)15(18)17-9-8-14-7-5-6-12(2)10-14/h12-14,16H,4-11H2,1-3H3,(H,17,18). The molecule has 1 saturated carbocycles. The Morgan fingerprint density at radius 1 is 1.39 bits per heavy atom. The summed E-state index contributed by atoms with van der Waals surface area (Å²) in [5.41, 5.74) is 0. The van der Waals surface area contributed by atoms with Gasteiger partial charge in [0.1, 0.15) is 0 Å². The van der Waals surface area contributed by atoms with Gasteiger partial charge in [0.05, 0.1) is 0 Å². The number of nitrogens with one attached hydrogen (secondary N) is 2. The lowest BCUT2D eigenvalue weighted by molar-refractivity contribution is -0.124. The molecule has 106 valence electrons. The van der Waals surface area contributed by atoms with Crippen LogP contribution in [0.15, 0.2) is 0 Å². The van der Waals surface area contributed by atoms with Crippen LogP contribution >= 0.6 is 0 Å². The molecule has 1 fully saturated rings. The predicted molar refractivity (Wildman–Crippen MR) is 76.5 cm³/mol. The average molecular weight is 254 g/mol. The Labute approximate surface area is 112 Å². The molecule has 2 N–H and O–H groups in total. The number of carbonyl (C=O) groups is 1. The minimum absolute atomic E-state index is 0.0789. The molecule has 1 aliphatic rings. The summed E-state index contributed by atoms with van der Waals surface area (Å²) in [6.07, 6.45) is 6.62. The molecule has 3 nitrogen and oxygen atoms in total. The first kappa shape index (κ1) is 15.5. The van der Waals surface area contributed by atoms with Gasteiger partial charge in [0.25, 0.3) is 0 Å². The van der Waals surface area contributed by atoms with Crippen LogP contribution in [0.1, 0.15) is 52.9 Å². The molecule has 0 heterocycles. The van der Waals surface area contributed by atoms with Crippen molar-refractivity contribution >= 4 is 5.91 Å². The van der Waals surface area contributed by atoms with Gasteiger partial charge < -0.3 is 10.6 Å². The highest BCUT2D eigenvalue weighted by Gasteiger charge is 2.19. The number of hydrogen-bond acceptors (Lipinski definition) is 2. The van der Waals surface area contributed by atoms with Crippen LogP contribution in [0.25, 0.3) is 0 Å². The molecule has 0 spiro atoms. The number of amides is 1. The molecule has 1 rings (SSSR count). The molecule has 3 atom stereocenters. The van der Waals surface area contributed by atoms with E-state index in [-0.39, 0.29) is 11.8 Å². The summed E-state index contributed by atoms with van der Waals surface area (Å²) in [4.78, 5) is 11.8. The molecule has 0 saturated heterocycles. The Morgan fingerprint density at radius 3 is 2.83 bits per heavy atom. The first-order valence-electron chi connectivity index (χ1n) is 7.61. The van der Waals surface area contributed by atoms with E-state index >= 15 is 0 Å². The van der Waals surface area contributed by atoms with Crippen LogP contribution in [-0.4, -0.2) is 25.5 Å². The zero-order chi connectivity index (χ0) is 13.4. The van der Waals surface area contributed by atoms with Crippen molar-refractivity contribution in [3.8, 4) is 0 Å². The van der Waals surface area contributed by atoms with E-state index in [0.29, 0.717) is 0 Å². The largest absolute Gasteiger partial charge is 0.356 e. The Balaban J connectivity index is 2.11. The topological polar surface area (TPSA) is 41.1 Å². The molecule has 3 unspecified atom stereocenters. The average Bonchev–Trinajstić information content (AvgIpc) is 2.35. The van der Waals surface area contributed by atoms with E-state index in [1.54, 1.807) is 0 Å². The molecule has 0 aromatic heterocycles. The molecule has 1 aliphatic carbocycles. The monoisotopic (exact) mass is 254 g/mol. The van der Waals surface area contributed by atoms with E-state index in [2.05, 4.69) is 24.5 Å². The molecule has 18 heavy (non-hydrogen) atoms. The molecule has 3 heteroatoms. The van der Waals surface area contributed by atoms with Crippen molar-refractivity contribution in [2.24, 2.45) is 17.8 Å². The summed E-state index contributed by atoms with van der Waals surface area (Å²) in [5.74, 6) is 1.99. The van der Waals surface area contributed by atoms with Gasteiger partial charge in [0.15, 0.2) is 0 Å². The predicted octanol–water partition coefficient (Wildman–Crippen LogP) is 2.56. The van der Waals surface area contributed by atoms with E-state index in [1.807, 2.05) is 6.92 Å². The molecule has 1 amide bonds. The summed E-state index contributed by atoms with van der Waals surface area (Å²) < 4.78 is 0. The molecule has 0 bridgehead atoms. The van der Waals surface area contributed by atoms with Crippen molar-refractivity contribution in [2.75, 3.05) is 19.6 Å². The Bertz CT molecular complexity index is 243. The third kappa shape index (κ3) is 5.85.